The van der Waals surface area contributed by atoms with E-state index in [1.54, 1.807) is 6.20 Å². The van der Waals surface area contributed by atoms with Crippen LogP contribution in [-0.4, -0.2) is 20.8 Å². The quantitative estimate of drug-likeness (QED) is 0.788. The Bertz CT molecular complexity index is 729. The summed E-state index contributed by atoms with van der Waals surface area (Å²) in [5.41, 5.74) is 1.07. The summed E-state index contributed by atoms with van der Waals surface area (Å²) < 4.78 is 1.84. The van der Waals surface area contributed by atoms with Crippen LogP contribution in [0.3, 0.4) is 0 Å². The minimum absolute atomic E-state index is 0.691. The summed E-state index contributed by atoms with van der Waals surface area (Å²) in [6.07, 6.45) is 6.30. The molecule has 0 unspecified atom stereocenters. The van der Waals surface area contributed by atoms with E-state index < -0.39 is 0 Å². The number of aromatic nitrogens is 3. The number of hydrogen-bond acceptors (Lipinski definition) is 3. The van der Waals surface area contributed by atoms with Crippen LogP contribution in [0.15, 0.2) is 48.8 Å². The van der Waals surface area contributed by atoms with Crippen LogP contribution < -0.4 is 5.32 Å². The van der Waals surface area contributed by atoms with E-state index in [0.29, 0.717) is 6.04 Å². The molecule has 100 valence electrons. The van der Waals surface area contributed by atoms with Crippen LogP contribution in [0.1, 0.15) is 18.5 Å². The van der Waals surface area contributed by atoms with Crippen molar-refractivity contribution >= 4 is 10.8 Å². The molecule has 0 bridgehead atoms. The van der Waals surface area contributed by atoms with E-state index in [2.05, 4.69) is 34.7 Å². The molecule has 3 aromatic rings. The maximum atomic E-state index is 4.78. The Balaban J connectivity index is 1.81. The zero-order valence-electron chi connectivity index (χ0n) is 11.2. The fraction of sp³-hybridized carbons (Fsp3) is 0.250. The number of nitrogens with zero attached hydrogens (tertiary/aromatic N) is 3. The molecule has 1 saturated carbocycles. The molecule has 1 aliphatic rings. The Morgan fingerprint density at radius 1 is 1.20 bits per heavy atom. The summed E-state index contributed by atoms with van der Waals surface area (Å²) in [5, 5.41) is 10.2. The minimum Gasteiger partial charge on any atom is -0.308 e. The highest BCUT2D eigenvalue weighted by molar-refractivity contribution is 5.88. The third kappa shape index (κ3) is 2.18. The van der Waals surface area contributed by atoms with Gasteiger partial charge < -0.3 is 5.32 Å². The molecule has 0 atom stereocenters. The van der Waals surface area contributed by atoms with E-state index in [0.717, 1.165) is 23.4 Å². The summed E-state index contributed by atoms with van der Waals surface area (Å²) in [5.74, 6) is 0.903. The zero-order valence-corrected chi connectivity index (χ0v) is 11.2. The van der Waals surface area contributed by atoms with Gasteiger partial charge in [-0.1, -0.05) is 24.3 Å². The molecule has 4 rings (SSSR count). The normalized spacial score (nSPS) is 14.8. The van der Waals surface area contributed by atoms with Crippen molar-refractivity contribution in [2.24, 2.45) is 0 Å². The standard InChI is InChI=1S/C16H16N4/c1-2-5-15-12(4-1)10-14(11-17-13-6-7-13)19-16(15)20-9-3-8-18-20/h1-5,8-10,13,17H,6-7,11H2. The van der Waals surface area contributed by atoms with E-state index in [9.17, 15) is 0 Å². The van der Waals surface area contributed by atoms with Crippen molar-refractivity contribution in [2.45, 2.75) is 25.4 Å². The SMILES string of the molecule is c1ccc2c(-n3cccn3)nc(CNC3CC3)cc2c1. The zero-order chi connectivity index (χ0) is 13.4. The first-order valence-electron chi connectivity index (χ1n) is 7.02. The smallest absolute Gasteiger partial charge is 0.161 e. The van der Waals surface area contributed by atoms with Crippen LogP contribution in [-0.2, 0) is 6.54 Å². The van der Waals surface area contributed by atoms with E-state index >= 15 is 0 Å². The number of hydrogen-bond donors (Lipinski definition) is 1. The Hall–Kier alpha value is -2.20. The highest BCUT2D eigenvalue weighted by atomic mass is 15.3. The number of nitrogens with one attached hydrogen (secondary N) is 1. The van der Waals surface area contributed by atoms with E-state index in [-0.39, 0.29) is 0 Å². The second-order valence-corrected chi connectivity index (χ2v) is 5.26. The second kappa shape index (κ2) is 4.72. The highest BCUT2D eigenvalue weighted by Crippen LogP contribution is 2.23. The monoisotopic (exact) mass is 264 g/mol. The molecule has 1 aromatic carbocycles. The maximum Gasteiger partial charge on any atom is 0.161 e. The fourth-order valence-electron chi connectivity index (χ4n) is 2.43. The average Bonchev–Trinajstić information content (AvgIpc) is 3.16. The molecule has 0 saturated heterocycles. The van der Waals surface area contributed by atoms with Crippen molar-refractivity contribution in [3.63, 3.8) is 0 Å². The molecule has 1 aliphatic carbocycles. The van der Waals surface area contributed by atoms with E-state index in [4.69, 9.17) is 4.98 Å². The lowest BCUT2D eigenvalue weighted by atomic mass is 10.1. The van der Waals surface area contributed by atoms with Crippen molar-refractivity contribution < 1.29 is 0 Å². The Labute approximate surface area is 117 Å². The molecule has 1 N–H and O–H groups in total. The van der Waals surface area contributed by atoms with Gasteiger partial charge in [-0.25, -0.2) is 9.67 Å². The van der Waals surface area contributed by atoms with Crippen LogP contribution in [0.5, 0.6) is 0 Å². The largest absolute Gasteiger partial charge is 0.308 e. The van der Waals surface area contributed by atoms with E-state index in [1.807, 2.05) is 23.0 Å². The van der Waals surface area contributed by atoms with Crippen molar-refractivity contribution in [1.29, 1.82) is 0 Å². The van der Waals surface area contributed by atoms with Gasteiger partial charge in [-0.3, -0.25) is 0 Å². The van der Waals surface area contributed by atoms with Gasteiger partial charge >= 0.3 is 0 Å². The number of fused-ring (bicyclic) bond motifs is 1. The predicted octanol–water partition coefficient (Wildman–Crippen LogP) is 2.67. The molecule has 20 heavy (non-hydrogen) atoms. The fourth-order valence-corrected chi connectivity index (χ4v) is 2.43. The molecule has 0 aliphatic heterocycles. The Morgan fingerprint density at radius 3 is 2.90 bits per heavy atom. The van der Waals surface area contributed by atoms with Crippen LogP contribution in [0.25, 0.3) is 16.6 Å². The van der Waals surface area contributed by atoms with Gasteiger partial charge in [0.1, 0.15) is 0 Å². The topological polar surface area (TPSA) is 42.7 Å². The molecule has 0 radical (unpaired) electrons. The second-order valence-electron chi connectivity index (χ2n) is 5.26. The van der Waals surface area contributed by atoms with Gasteiger partial charge in [0.15, 0.2) is 5.82 Å². The first kappa shape index (κ1) is 11.6. The number of pyridine rings is 1. The molecule has 4 heteroatoms. The Kier molecular flexibility index (Phi) is 2.74. The molecule has 1 fully saturated rings. The van der Waals surface area contributed by atoms with Crippen LogP contribution >= 0.6 is 0 Å². The van der Waals surface area contributed by atoms with E-state index in [1.165, 1.54) is 18.2 Å². The third-order valence-corrected chi connectivity index (χ3v) is 3.64. The Morgan fingerprint density at radius 2 is 2.10 bits per heavy atom. The van der Waals surface area contributed by atoms with Gasteiger partial charge in [-0.05, 0) is 30.4 Å². The van der Waals surface area contributed by atoms with Crippen molar-refractivity contribution in [2.75, 3.05) is 0 Å². The van der Waals surface area contributed by atoms with Crippen LogP contribution in [0.2, 0.25) is 0 Å². The van der Waals surface area contributed by atoms with Crippen LogP contribution in [0.4, 0.5) is 0 Å². The number of rotatable bonds is 4. The predicted molar refractivity (Wildman–Crippen MR) is 78.7 cm³/mol. The van der Waals surface area contributed by atoms with Gasteiger partial charge in [-0.15, -0.1) is 0 Å². The molecule has 0 spiro atoms. The molecule has 0 amide bonds. The molecule has 4 nitrogen and oxygen atoms in total. The average molecular weight is 264 g/mol. The van der Waals surface area contributed by atoms with Gasteiger partial charge in [0.05, 0.1) is 5.69 Å². The van der Waals surface area contributed by atoms with Crippen molar-refractivity contribution in [3.05, 3.63) is 54.5 Å². The molecular formula is C16H16N4. The first-order valence-corrected chi connectivity index (χ1v) is 7.02. The summed E-state index contributed by atoms with van der Waals surface area (Å²) in [7, 11) is 0. The summed E-state index contributed by atoms with van der Waals surface area (Å²) in [4.78, 5) is 4.78. The maximum absolute atomic E-state index is 4.78. The molecule has 2 aromatic heterocycles. The summed E-state index contributed by atoms with van der Waals surface area (Å²) in [6, 6.07) is 13.1. The summed E-state index contributed by atoms with van der Waals surface area (Å²) >= 11 is 0. The minimum atomic E-state index is 0.691. The number of benzene rings is 1. The summed E-state index contributed by atoms with van der Waals surface area (Å²) in [6.45, 7) is 0.823. The van der Waals surface area contributed by atoms with Gasteiger partial charge in [0.25, 0.3) is 0 Å². The lowest BCUT2D eigenvalue weighted by Crippen LogP contribution is -2.17. The molecular weight excluding hydrogens is 248 g/mol. The van der Waals surface area contributed by atoms with Crippen molar-refractivity contribution in [3.8, 4) is 5.82 Å². The van der Waals surface area contributed by atoms with Crippen LogP contribution in [0, 0.1) is 0 Å². The van der Waals surface area contributed by atoms with Gasteiger partial charge in [0.2, 0.25) is 0 Å². The lowest BCUT2D eigenvalue weighted by Gasteiger charge is -2.10. The molecule has 2 heterocycles. The third-order valence-electron chi connectivity index (χ3n) is 3.64. The highest BCUT2D eigenvalue weighted by Gasteiger charge is 2.20. The van der Waals surface area contributed by atoms with Gasteiger partial charge in [0, 0.05) is 30.4 Å². The van der Waals surface area contributed by atoms with Gasteiger partial charge in [-0.2, -0.15) is 5.10 Å². The lowest BCUT2D eigenvalue weighted by molar-refractivity contribution is 0.672. The van der Waals surface area contributed by atoms with Crippen molar-refractivity contribution in [1.82, 2.24) is 20.1 Å². The first-order chi connectivity index (χ1) is 9.90.